The van der Waals surface area contributed by atoms with Gasteiger partial charge in [-0.15, -0.1) is 0 Å². The molecule has 0 unspecified atom stereocenters. The molecule has 0 aliphatic rings. The summed E-state index contributed by atoms with van der Waals surface area (Å²) in [4.78, 5) is 0. The highest BCUT2D eigenvalue weighted by Gasteiger charge is 2.05. The van der Waals surface area contributed by atoms with Crippen molar-refractivity contribution in [1.82, 2.24) is 10.6 Å². The lowest BCUT2D eigenvalue weighted by Crippen LogP contribution is -2.24. The molecule has 0 saturated heterocycles. The summed E-state index contributed by atoms with van der Waals surface area (Å²) in [5, 5.41) is 16.0. The number of ether oxygens (including phenoxy) is 1. The first-order chi connectivity index (χ1) is 11.8. The second kappa shape index (κ2) is 11.0. The van der Waals surface area contributed by atoms with Crippen LogP contribution in [-0.4, -0.2) is 31.3 Å². The smallest absolute Gasteiger partial charge is 0.124 e. The van der Waals surface area contributed by atoms with E-state index < -0.39 is 0 Å². The van der Waals surface area contributed by atoms with E-state index >= 15 is 0 Å². The van der Waals surface area contributed by atoms with Crippen LogP contribution in [0.15, 0.2) is 48.5 Å². The van der Waals surface area contributed by atoms with Gasteiger partial charge in [0.05, 0.1) is 6.61 Å². The summed E-state index contributed by atoms with van der Waals surface area (Å²) in [5.41, 5.74) is 2.12. The summed E-state index contributed by atoms with van der Waals surface area (Å²) in [6, 6.07) is 15.8. The Bertz CT molecular complexity index is 607. The van der Waals surface area contributed by atoms with Crippen molar-refractivity contribution < 1.29 is 9.84 Å². The Kier molecular flexibility index (Phi) is 8.63. The zero-order chi connectivity index (χ0) is 17.0. The molecule has 0 aliphatic carbocycles. The molecule has 24 heavy (non-hydrogen) atoms. The van der Waals surface area contributed by atoms with Crippen molar-refractivity contribution in [3.63, 3.8) is 0 Å². The third-order valence-electron chi connectivity index (χ3n) is 3.62. The Morgan fingerprint density at radius 3 is 2.38 bits per heavy atom. The largest absolute Gasteiger partial charge is 0.489 e. The second-order valence-electron chi connectivity index (χ2n) is 5.49. The summed E-state index contributed by atoms with van der Waals surface area (Å²) in [5.74, 6) is 0.878. The predicted molar refractivity (Wildman–Crippen MR) is 98.5 cm³/mol. The molecule has 4 nitrogen and oxygen atoms in total. The standard InChI is InChI=1S/C19H25ClN2O2/c20-18-8-3-1-7-17(18)15-24-19-9-4-2-6-16(19)14-22-11-5-10-21-12-13-23/h1-4,6-9,21-23H,5,10-15H2. The van der Waals surface area contributed by atoms with E-state index in [4.69, 9.17) is 21.4 Å². The van der Waals surface area contributed by atoms with Gasteiger partial charge in [0.15, 0.2) is 0 Å². The number of hydrogen-bond acceptors (Lipinski definition) is 4. The third kappa shape index (κ3) is 6.49. The normalized spacial score (nSPS) is 10.8. The van der Waals surface area contributed by atoms with Crippen LogP contribution in [0.25, 0.3) is 0 Å². The molecule has 0 amide bonds. The van der Waals surface area contributed by atoms with E-state index in [1.165, 1.54) is 0 Å². The van der Waals surface area contributed by atoms with Crippen molar-refractivity contribution in [1.29, 1.82) is 0 Å². The number of aliphatic hydroxyl groups is 1. The van der Waals surface area contributed by atoms with Crippen LogP contribution >= 0.6 is 11.6 Å². The molecular weight excluding hydrogens is 324 g/mol. The van der Waals surface area contributed by atoms with Crippen LogP contribution in [0.1, 0.15) is 17.5 Å². The maximum atomic E-state index is 8.70. The molecule has 0 fully saturated rings. The fraction of sp³-hybridized carbons (Fsp3) is 0.368. The number of para-hydroxylation sites is 1. The molecule has 2 aromatic rings. The Labute approximate surface area is 148 Å². The van der Waals surface area contributed by atoms with Crippen molar-refractivity contribution in [2.45, 2.75) is 19.6 Å². The molecule has 0 saturated carbocycles. The Morgan fingerprint density at radius 2 is 1.58 bits per heavy atom. The summed E-state index contributed by atoms with van der Waals surface area (Å²) < 4.78 is 5.95. The van der Waals surface area contributed by atoms with Gasteiger partial charge in [0.2, 0.25) is 0 Å². The highest BCUT2D eigenvalue weighted by atomic mass is 35.5. The van der Waals surface area contributed by atoms with E-state index in [1.54, 1.807) is 0 Å². The lowest BCUT2D eigenvalue weighted by molar-refractivity contribution is 0.292. The van der Waals surface area contributed by atoms with Gasteiger partial charge in [-0.25, -0.2) is 0 Å². The van der Waals surface area contributed by atoms with Crippen LogP contribution in [0.4, 0.5) is 0 Å². The molecule has 0 radical (unpaired) electrons. The van der Waals surface area contributed by atoms with Crippen molar-refractivity contribution in [3.8, 4) is 5.75 Å². The summed E-state index contributed by atoms with van der Waals surface area (Å²) in [7, 11) is 0. The third-order valence-corrected chi connectivity index (χ3v) is 3.99. The van der Waals surface area contributed by atoms with E-state index in [-0.39, 0.29) is 6.61 Å². The van der Waals surface area contributed by atoms with Crippen LogP contribution in [0.5, 0.6) is 5.75 Å². The quantitative estimate of drug-likeness (QED) is 0.546. The summed E-state index contributed by atoms with van der Waals surface area (Å²) in [6.07, 6.45) is 1.02. The minimum absolute atomic E-state index is 0.184. The van der Waals surface area contributed by atoms with E-state index in [1.807, 2.05) is 42.5 Å². The van der Waals surface area contributed by atoms with Gasteiger partial charge in [-0.1, -0.05) is 48.0 Å². The molecule has 0 spiro atoms. The molecule has 0 bridgehead atoms. The predicted octanol–water partition coefficient (Wildman–Crippen LogP) is 2.98. The zero-order valence-electron chi connectivity index (χ0n) is 13.8. The first-order valence-electron chi connectivity index (χ1n) is 8.27. The van der Waals surface area contributed by atoms with Gasteiger partial charge in [0.25, 0.3) is 0 Å². The molecular formula is C19H25ClN2O2. The minimum atomic E-state index is 0.184. The van der Waals surface area contributed by atoms with E-state index in [9.17, 15) is 0 Å². The molecule has 2 aromatic carbocycles. The maximum absolute atomic E-state index is 8.70. The van der Waals surface area contributed by atoms with Gasteiger partial charge in [-0.3, -0.25) is 0 Å². The first kappa shape index (κ1) is 18.7. The van der Waals surface area contributed by atoms with Gasteiger partial charge in [-0.2, -0.15) is 0 Å². The van der Waals surface area contributed by atoms with Crippen molar-refractivity contribution in [3.05, 3.63) is 64.7 Å². The number of benzene rings is 2. The topological polar surface area (TPSA) is 53.5 Å². The van der Waals surface area contributed by atoms with Crippen LogP contribution in [-0.2, 0) is 13.2 Å². The molecule has 0 heterocycles. The maximum Gasteiger partial charge on any atom is 0.124 e. The second-order valence-corrected chi connectivity index (χ2v) is 5.90. The fourth-order valence-electron chi connectivity index (χ4n) is 2.33. The van der Waals surface area contributed by atoms with Crippen LogP contribution in [0, 0.1) is 0 Å². The van der Waals surface area contributed by atoms with E-state index in [2.05, 4.69) is 16.7 Å². The van der Waals surface area contributed by atoms with Crippen LogP contribution < -0.4 is 15.4 Å². The SMILES string of the molecule is OCCNCCCNCc1ccccc1OCc1ccccc1Cl. The van der Waals surface area contributed by atoms with Gasteiger partial charge < -0.3 is 20.5 Å². The number of hydrogen-bond donors (Lipinski definition) is 3. The lowest BCUT2D eigenvalue weighted by Gasteiger charge is -2.13. The molecule has 3 N–H and O–H groups in total. The van der Waals surface area contributed by atoms with Gasteiger partial charge in [0, 0.05) is 29.2 Å². The van der Waals surface area contributed by atoms with Crippen LogP contribution in [0.2, 0.25) is 5.02 Å². The molecule has 0 atom stereocenters. The van der Waals surface area contributed by atoms with Gasteiger partial charge in [-0.05, 0) is 31.6 Å². The minimum Gasteiger partial charge on any atom is -0.489 e. The van der Waals surface area contributed by atoms with Crippen molar-refractivity contribution in [2.75, 3.05) is 26.2 Å². The summed E-state index contributed by atoms with van der Waals surface area (Å²) in [6.45, 7) is 3.87. The molecule has 0 aromatic heterocycles. The van der Waals surface area contributed by atoms with Gasteiger partial charge >= 0.3 is 0 Å². The van der Waals surface area contributed by atoms with Crippen molar-refractivity contribution >= 4 is 11.6 Å². The number of aliphatic hydroxyl groups excluding tert-OH is 1. The van der Waals surface area contributed by atoms with Gasteiger partial charge in [0.1, 0.15) is 12.4 Å². The lowest BCUT2D eigenvalue weighted by atomic mass is 10.2. The molecule has 2 rings (SSSR count). The van der Waals surface area contributed by atoms with Crippen LogP contribution in [0.3, 0.4) is 0 Å². The first-order valence-corrected chi connectivity index (χ1v) is 8.65. The summed E-state index contributed by atoms with van der Waals surface area (Å²) >= 11 is 6.17. The Morgan fingerprint density at radius 1 is 0.875 bits per heavy atom. The zero-order valence-corrected chi connectivity index (χ0v) is 14.6. The highest BCUT2D eigenvalue weighted by molar-refractivity contribution is 6.31. The number of rotatable bonds is 11. The molecule has 5 heteroatoms. The Hall–Kier alpha value is -1.59. The average molecular weight is 349 g/mol. The Balaban J connectivity index is 1.78. The van der Waals surface area contributed by atoms with E-state index in [0.29, 0.717) is 13.2 Å². The van der Waals surface area contributed by atoms with Crippen molar-refractivity contribution in [2.24, 2.45) is 0 Å². The number of halogens is 1. The molecule has 130 valence electrons. The highest BCUT2D eigenvalue weighted by Crippen LogP contribution is 2.21. The fourth-order valence-corrected chi connectivity index (χ4v) is 2.52. The average Bonchev–Trinajstić information content (AvgIpc) is 2.61. The van der Waals surface area contributed by atoms with E-state index in [0.717, 1.165) is 48.0 Å². The molecule has 0 aliphatic heterocycles. The number of nitrogens with one attached hydrogen (secondary N) is 2. The monoisotopic (exact) mass is 348 g/mol.